The third-order valence-corrected chi connectivity index (χ3v) is 1.75. The van der Waals surface area contributed by atoms with Crippen LogP contribution < -0.4 is 0 Å². The Morgan fingerprint density at radius 3 is 1.91 bits per heavy atom. The zero-order valence-corrected chi connectivity index (χ0v) is 6.08. The molecule has 1 heterocycles. The second-order valence-electron chi connectivity index (χ2n) is 2.71. The van der Waals surface area contributed by atoms with Crippen LogP contribution in [-0.4, -0.2) is 51.1 Å². The lowest BCUT2D eigenvalue weighted by atomic mass is 10.1. The fourth-order valence-electron chi connectivity index (χ4n) is 1.08. The first-order valence-corrected chi connectivity index (χ1v) is 3.41. The lowest BCUT2D eigenvalue weighted by Gasteiger charge is -2.16. The summed E-state index contributed by atoms with van der Waals surface area (Å²) < 4.78 is 4.65. The van der Waals surface area contributed by atoms with Crippen molar-refractivity contribution in [2.75, 3.05) is 0 Å². The Balaban J connectivity index is 2.59. The van der Waals surface area contributed by atoms with Gasteiger partial charge in [0.25, 0.3) is 0 Å². The van der Waals surface area contributed by atoms with Crippen molar-refractivity contribution in [3.8, 4) is 0 Å². The lowest BCUT2D eigenvalue weighted by molar-refractivity contribution is -0.143. The molecule has 0 bridgehead atoms. The van der Waals surface area contributed by atoms with Gasteiger partial charge < -0.3 is 25.2 Å². The Bertz CT molecular complexity index is 137. The summed E-state index contributed by atoms with van der Waals surface area (Å²) in [5.74, 6) is 0. The molecule has 0 aromatic rings. The second-order valence-corrected chi connectivity index (χ2v) is 2.71. The van der Waals surface area contributed by atoms with Gasteiger partial charge in [-0.25, -0.2) is 0 Å². The van der Waals surface area contributed by atoms with Crippen LogP contribution in [-0.2, 0) is 4.74 Å². The summed E-state index contributed by atoms with van der Waals surface area (Å²) in [5.41, 5.74) is 0. The molecule has 0 aliphatic carbocycles. The number of rotatable bonds is 1. The highest BCUT2D eigenvalue weighted by atomic mass is 16.6. The van der Waals surface area contributed by atoms with E-state index in [1.807, 2.05) is 0 Å². The fourth-order valence-corrected chi connectivity index (χ4v) is 1.08. The molecule has 5 nitrogen and oxygen atoms in total. The summed E-state index contributed by atoms with van der Waals surface area (Å²) in [4.78, 5) is 0. The summed E-state index contributed by atoms with van der Waals surface area (Å²) in [6.07, 6.45) is -5.75. The molecule has 0 aromatic heterocycles. The van der Waals surface area contributed by atoms with Crippen LogP contribution in [0.1, 0.15) is 6.92 Å². The average molecular weight is 164 g/mol. The molecule has 66 valence electrons. The average Bonchev–Trinajstić information content (AvgIpc) is 2.17. The first-order chi connectivity index (χ1) is 5.04. The van der Waals surface area contributed by atoms with Crippen molar-refractivity contribution in [2.45, 2.75) is 37.6 Å². The van der Waals surface area contributed by atoms with Crippen LogP contribution in [0.25, 0.3) is 0 Å². The third-order valence-electron chi connectivity index (χ3n) is 1.75. The molecule has 0 amide bonds. The molecule has 1 aliphatic rings. The van der Waals surface area contributed by atoms with Gasteiger partial charge in [0.05, 0.1) is 6.10 Å². The Hall–Kier alpha value is -0.200. The zero-order chi connectivity index (χ0) is 8.59. The Morgan fingerprint density at radius 1 is 1.18 bits per heavy atom. The molecule has 0 spiro atoms. The zero-order valence-electron chi connectivity index (χ0n) is 6.08. The molecular formula is C6H12O5. The lowest BCUT2D eigenvalue weighted by Crippen LogP contribution is -2.37. The Labute approximate surface area is 63.8 Å². The minimum absolute atomic E-state index is 0.903. The number of hydrogen-bond acceptors (Lipinski definition) is 5. The minimum atomic E-state index is -1.40. The van der Waals surface area contributed by atoms with Crippen LogP contribution >= 0.6 is 0 Å². The van der Waals surface area contributed by atoms with Gasteiger partial charge in [-0.2, -0.15) is 0 Å². The van der Waals surface area contributed by atoms with E-state index in [4.69, 9.17) is 20.4 Å². The molecule has 0 aromatic carbocycles. The van der Waals surface area contributed by atoms with E-state index in [0.29, 0.717) is 0 Å². The second kappa shape index (κ2) is 3.04. The van der Waals surface area contributed by atoms with Crippen molar-refractivity contribution in [3.05, 3.63) is 0 Å². The van der Waals surface area contributed by atoms with Gasteiger partial charge in [0.2, 0.25) is 0 Å². The van der Waals surface area contributed by atoms with Gasteiger partial charge in [0.1, 0.15) is 18.3 Å². The quantitative estimate of drug-likeness (QED) is 0.353. The van der Waals surface area contributed by atoms with Gasteiger partial charge in [-0.05, 0) is 6.92 Å². The molecule has 4 N–H and O–H groups in total. The summed E-state index contributed by atoms with van der Waals surface area (Å²) in [7, 11) is 0. The third kappa shape index (κ3) is 1.52. The summed E-state index contributed by atoms with van der Waals surface area (Å²) in [5, 5.41) is 35.8. The SMILES string of the molecule is C[C@@H](O)[C@H]1O[C@H](O)[C@H](O)[C@H]1O. The minimum Gasteiger partial charge on any atom is -0.391 e. The molecule has 5 atom stereocenters. The number of aliphatic hydroxyl groups is 4. The van der Waals surface area contributed by atoms with E-state index in [2.05, 4.69) is 4.74 Å². The van der Waals surface area contributed by atoms with Gasteiger partial charge in [-0.3, -0.25) is 0 Å². The first-order valence-electron chi connectivity index (χ1n) is 3.41. The maximum absolute atomic E-state index is 9.10. The van der Waals surface area contributed by atoms with Crippen molar-refractivity contribution in [1.29, 1.82) is 0 Å². The Kier molecular flexibility index (Phi) is 2.46. The number of aliphatic hydroxyl groups excluding tert-OH is 4. The van der Waals surface area contributed by atoms with Gasteiger partial charge in [0, 0.05) is 0 Å². The summed E-state index contributed by atoms with van der Waals surface area (Å²) in [6, 6.07) is 0. The highest BCUT2D eigenvalue weighted by Crippen LogP contribution is 2.21. The van der Waals surface area contributed by atoms with E-state index in [0.717, 1.165) is 0 Å². The van der Waals surface area contributed by atoms with E-state index < -0.39 is 30.7 Å². The summed E-state index contributed by atoms with van der Waals surface area (Å²) in [6.45, 7) is 1.42. The molecular weight excluding hydrogens is 152 g/mol. The van der Waals surface area contributed by atoms with E-state index in [-0.39, 0.29) is 0 Å². The predicted octanol–water partition coefficient (Wildman–Crippen LogP) is -2.19. The number of ether oxygens (including phenoxy) is 1. The molecule has 1 rings (SSSR count). The molecule has 0 radical (unpaired) electrons. The van der Waals surface area contributed by atoms with E-state index in [9.17, 15) is 0 Å². The van der Waals surface area contributed by atoms with Crippen molar-refractivity contribution in [1.82, 2.24) is 0 Å². The van der Waals surface area contributed by atoms with Crippen LogP contribution in [0.15, 0.2) is 0 Å². The smallest absolute Gasteiger partial charge is 0.184 e. The highest BCUT2D eigenvalue weighted by Gasteiger charge is 2.43. The summed E-state index contributed by atoms with van der Waals surface area (Å²) >= 11 is 0. The Morgan fingerprint density at radius 2 is 1.73 bits per heavy atom. The van der Waals surface area contributed by atoms with Gasteiger partial charge in [0.15, 0.2) is 6.29 Å². The first kappa shape index (κ1) is 8.89. The predicted molar refractivity (Wildman–Crippen MR) is 34.6 cm³/mol. The van der Waals surface area contributed by atoms with Crippen LogP contribution in [0.4, 0.5) is 0 Å². The molecule has 11 heavy (non-hydrogen) atoms. The topological polar surface area (TPSA) is 90.2 Å². The van der Waals surface area contributed by atoms with Gasteiger partial charge in [-0.15, -0.1) is 0 Å². The highest BCUT2D eigenvalue weighted by molar-refractivity contribution is 4.88. The maximum atomic E-state index is 9.10. The standard InChI is InChI=1S/C6H12O5/c1-2(7)5-3(8)4(9)6(10)11-5/h2-10H,1H3/t2-,3-,4-,5-,6+/m1/s1. The van der Waals surface area contributed by atoms with Crippen LogP contribution in [0.5, 0.6) is 0 Å². The monoisotopic (exact) mass is 164 g/mol. The van der Waals surface area contributed by atoms with Gasteiger partial charge >= 0.3 is 0 Å². The van der Waals surface area contributed by atoms with E-state index in [1.54, 1.807) is 0 Å². The van der Waals surface area contributed by atoms with Crippen molar-refractivity contribution in [2.24, 2.45) is 0 Å². The maximum Gasteiger partial charge on any atom is 0.184 e. The van der Waals surface area contributed by atoms with Crippen molar-refractivity contribution >= 4 is 0 Å². The molecule has 1 aliphatic heterocycles. The van der Waals surface area contributed by atoms with Crippen LogP contribution in [0.3, 0.4) is 0 Å². The number of hydrogen-bond donors (Lipinski definition) is 4. The van der Waals surface area contributed by atoms with Crippen molar-refractivity contribution < 1.29 is 25.2 Å². The normalized spacial score (nSPS) is 47.7. The largest absolute Gasteiger partial charge is 0.391 e. The van der Waals surface area contributed by atoms with E-state index >= 15 is 0 Å². The molecule has 1 saturated heterocycles. The van der Waals surface area contributed by atoms with Crippen molar-refractivity contribution in [3.63, 3.8) is 0 Å². The molecule has 1 fully saturated rings. The van der Waals surface area contributed by atoms with Crippen LogP contribution in [0, 0.1) is 0 Å². The van der Waals surface area contributed by atoms with E-state index in [1.165, 1.54) is 6.92 Å². The molecule has 5 heteroatoms. The van der Waals surface area contributed by atoms with Crippen LogP contribution in [0.2, 0.25) is 0 Å². The molecule has 0 saturated carbocycles. The molecule has 0 unspecified atom stereocenters. The van der Waals surface area contributed by atoms with Gasteiger partial charge in [-0.1, -0.05) is 0 Å². The fraction of sp³-hybridized carbons (Fsp3) is 1.00.